The van der Waals surface area contributed by atoms with Crippen molar-refractivity contribution in [2.24, 2.45) is 0 Å². The van der Waals surface area contributed by atoms with Crippen LogP contribution in [0.15, 0.2) is 194 Å². The molecule has 0 bridgehead atoms. The van der Waals surface area contributed by atoms with Crippen LogP contribution in [0.5, 0.6) is 0 Å². The normalized spacial score (nSPS) is 10.5. The first-order valence-electron chi connectivity index (χ1n) is 23.6. The number of hydrogen-bond donors (Lipinski definition) is 3. The molecule has 0 spiro atoms. The van der Waals surface area contributed by atoms with Gasteiger partial charge < -0.3 is 15.2 Å². The van der Waals surface area contributed by atoms with E-state index in [1.165, 1.54) is 22.7 Å². The molecule has 11 aromatic rings. The molecule has 5 heterocycles. The maximum absolute atomic E-state index is 12.4. The van der Waals surface area contributed by atoms with E-state index in [0.717, 1.165) is 72.5 Å². The Morgan fingerprint density at radius 1 is 0.526 bits per heavy atom. The summed E-state index contributed by atoms with van der Waals surface area (Å²) in [6, 6.07) is 58.0. The van der Waals surface area contributed by atoms with Crippen molar-refractivity contribution in [3.63, 3.8) is 0 Å². The number of carbonyl (C=O) groups excluding carboxylic acids is 4. The van der Waals surface area contributed by atoms with Crippen molar-refractivity contribution in [2.45, 2.75) is 13.8 Å². The fourth-order valence-electron chi connectivity index (χ4n) is 7.62. The lowest BCUT2D eigenvalue weighted by Crippen LogP contribution is -2.18. The molecule has 0 radical (unpaired) electrons. The molecule has 0 saturated carbocycles. The standard InChI is InChI=1S/C20H16N2O2S.C18H13N3O2S.C12H12N2O2S.C8H7BrO/c1-2-24-19(23)18-17(15-11-7-4-8-12-15)22-13-16(21-20(22)25-18)14-9-5-3-6-10-14;22-17(20-23)16-15(13-9-5-2-6-10-13)21-11-14(19-18(21)24-16)12-7-3-1-4-8-12;1-2-16-11(15)10-9(14-12(13)17-10)8-6-4-3-5-7-8;9-6-8(10)7-4-2-1-3-5-7/h3-13H,2H2,1H3;1-11,23H,(H,20,22);3-7H,2H2,1H3,(H2,13,14);1-5H,6H2. The molecule has 11 rings (SSSR count). The minimum Gasteiger partial charge on any atom is -0.462 e. The SMILES string of the molecule is CCOC(=O)c1sc(N)nc1-c1ccccc1.CCOC(=O)c1sc2nc(-c3ccccc3)cn2c1-c1ccccc1.O=C(CBr)c1ccccc1.O=C(NO)c1sc2nc(-c3ccccc3)cn2c1-c1ccccc1. The van der Waals surface area contributed by atoms with Crippen LogP contribution in [0.3, 0.4) is 0 Å². The summed E-state index contributed by atoms with van der Waals surface area (Å²) >= 11 is 6.86. The minimum atomic E-state index is -0.536. The van der Waals surface area contributed by atoms with E-state index in [1.54, 1.807) is 12.4 Å². The third kappa shape index (κ3) is 12.9. The number of nitrogens with two attached hydrogens (primary N) is 1. The van der Waals surface area contributed by atoms with Crippen molar-refractivity contribution in [2.75, 3.05) is 24.3 Å². The van der Waals surface area contributed by atoms with Gasteiger partial charge in [-0.25, -0.2) is 30.0 Å². The van der Waals surface area contributed by atoms with Gasteiger partial charge in [0.1, 0.15) is 14.6 Å². The Bertz CT molecular complexity index is 3680. The maximum Gasteiger partial charge on any atom is 0.350 e. The monoisotopic (exact) mass is 1130 g/mol. The predicted molar refractivity (Wildman–Crippen MR) is 306 cm³/mol. The summed E-state index contributed by atoms with van der Waals surface area (Å²) in [7, 11) is 0. The average Bonchev–Trinajstić information content (AvgIpc) is 4.34. The highest BCUT2D eigenvalue weighted by atomic mass is 79.9. The number of alkyl halides is 1. The van der Waals surface area contributed by atoms with E-state index in [-0.39, 0.29) is 17.7 Å². The van der Waals surface area contributed by atoms with Gasteiger partial charge in [-0.3, -0.25) is 23.6 Å². The van der Waals surface area contributed by atoms with Crippen LogP contribution in [0.1, 0.15) is 53.2 Å². The number of anilines is 1. The van der Waals surface area contributed by atoms with E-state index in [4.69, 9.17) is 25.4 Å². The number of nitrogens with one attached hydrogen (secondary N) is 1. The van der Waals surface area contributed by atoms with E-state index in [1.807, 2.05) is 210 Å². The quantitative estimate of drug-likeness (QED) is 0.0347. The number of aromatic nitrogens is 5. The summed E-state index contributed by atoms with van der Waals surface area (Å²) < 4.78 is 14.1. The highest BCUT2D eigenvalue weighted by Gasteiger charge is 2.24. The first-order chi connectivity index (χ1) is 37.1. The fourth-order valence-corrected chi connectivity index (χ4v) is 10.7. The number of fused-ring (bicyclic) bond motifs is 2. The molecule has 382 valence electrons. The lowest BCUT2D eigenvalue weighted by atomic mass is 10.1. The Hall–Kier alpha value is -8.39. The highest BCUT2D eigenvalue weighted by Crippen LogP contribution is 2.36. The number of imidazole rings is 2. The topological polar surface area (TPSA) is 193 Å². The van der Waals surface area contributed by atoms with Crippen LogP contribution in [0, 0.1) is 0 Å². The zero-order chi connectivity index (χ0) is 53.4. The van der Waals surface area contributed by atoms with Gasteiger partial charge >= 0.3 is 11.9 Å². The van der Waals surface area contributed by atoms with Crippen molar-refractivity contribution < 1.29 is 33.9 Å². The van der Waals surface area contributed by atoms with Crippen molar-refractivity contribution in [3.8, 4) is 56.3 Å². The van der Waals surface area contributed by atoms with Crippen molar-refractivity contribution in [1.29, 1.82) is 0 Å². The third-order valence-electron chi connectivity index (χ3n) is 11.0. The molecule has 0 fully saturated rings. The molecule has 0 aliphatic rings. The molecule has 18 heteroatoms. The molecule has 0 saturated heterocycles. The number of carbonyl (C=O) groups is 4. The Labute approximate surface area is 457 Å². The van der Waals surface area contributed by atoms with E-state index >= 15 is 0 Å². The number of ketones is 1. The number of amides is 1. The molecule has 14 nitrogen and oxygen atoms in total. The molecule has 5 aromatic heterocycles. The van der Waals surface area contributed by atoms with Gasteiger partial charge in [0, 0.05) is 45.8 Å². The fraction of sp³-hybridized carbons (Fsp3) is 0.0862. The van der Waals surface area contributed by atoms with Gasteiger partial charge in [-0.1, -0.05) is 232 Å². The number of rotatable bonds is 12. The van der Waals surface area contributed by atoms with Crippen LogP contribution < -0.4 is 11.2 Å². The number of hydrogen-bond acceptors (Lipinski definition) is 14. The van der Waals surface area contributed by atoms with E-state index in [9.17, 15) is 19.2 Å². The minimum absolute atomic E-state index is 0.126. The Balaban J connectivity index is 0.000000141. The Kier molecular flexibility index (Phi) is 18.6. The molecule has 1 amide bonds. The van der Waals surface area contributed by atoms with Crippen molar-refractivity contribution >= 4 is 88.6 Å². The highest BCUT2D eigenvalue weighted by molar-refractivity contribution is 9.09. The van der Waals surface area contributed by atoms with Crippen LogP contribution >= 0.6 is 49.9 Å². The molecular formula is C58H48BrN7O7S3. The summed E-state index contributed by atoms with van der Waals surface area (Å²) in [6.07, 6.45) is 3.89. The zero-order valence-electron chi connectivity index (χ0n) is 40.9. The molecular weight excluding hydrogens is 1080 g/mol. The number of hydroxylamine groups is 1. The Morgan fingerprint density at radius 2 is 0.908 bits per heavy atom. The molecule has 76 heavy (non-hydrogen) atoms. The smallest absolute Gasteiger partial charge is 0.350 e. The van der Waals surface area contributed by atoms with Crippen LogP contribution in [0.25, 0.3) is 66.2 Å². The predicted octanol–water partition coefficient (Wildman–Crippen LogP) is 13.6. The molecule has 0 unspecified atom stereocenters. The first-order valence-corrected chi connectivity index (χ1v) is 27.2. The molecule has 4 N–H and O–H groups in total. The van der Waals surface area contributed by atoms with E-state index < -0.39 is 5.91 Å². The molecule has 0 aliphatic heterocycles. The summed E-state index contributed by atoms with van der Waals surface area (Å²) in [4.78, 5) is 63.6. The van der Waals surface area contributed by atoms with Gasteiger partial charge in [0.2, 0.25) is 0 Å². The summed E-state index contributed by atoms with van der Waals surface area (Å²) in [5.41, 5.74) is 16.8. The lowest BCUT2D eigenvalue weighted by molar-refractivity contribution is 0.0523. The van der Waals surface area contributed by atoms with Gasteiger partial charge in [0.25, 0.3) is 5.91 Å². The molecule has 0 aliphatic carbocycles. The molecule has 0 atom stereocenters. The largest absolute Gasteiger partial charge is 0.462 e. The van der Waals surface area contributed by atoms with E-state index in [2.05, 4.69) is 25.9 Å². The van der Waals surface area contributed by atoms with Crippen LogP contribution in [-0.2, 0) is 9.47 Å². The Morgan fingerprint density at radius 3 is 1.33 bits per heavy atom. The van der Waals surface area contributed by atoms with Crippen molar-refractivity contribution in [3.05, 3.63) is 215 Å². The second-order valence-electron chi connectivity index (χ2n) is 16.0. The zero-order valence-corrected chi connectivity index (χ0v) is 44.9. The number of benzene rings is 6. The maximum atomic E-state index is 12.4. The van der Waals surface area contributed by atoms with Gasteiger partial charge in [0.15, 0.2) is 20.8 Å². The number of halogens is 1. The summed E-state index contributed by atoms with van der Waals surface area (Å²) in [6.45, 7) is 4.27. The number of nitrogen functional groups attached to an aromatic ring is 1. The molecule has 6 aromatic carbocycles. The van der Waals surface area contributed by atoms with Crippen LogP contribution in [-0.4, -0.2) is 71.1 Å². The van der Waals surface area contributed by atoms with Crippen molar-refractivity contribution in [1.82, 2.24) is 29.2 Å². The second-order valence-corrected chi connectivity index (χ2v) is 19.5. The third-order valence-corrected chi connectivity index (χ3v) is 14.5. The summed E-state index contributed by atoms with van der Waals surface area (Å²) in [5.74, 6) is -1.09. The van der Waals surface area contributed by atoms with Gasteiger partial charge in [0.05, 0.1) is 47.0 Å². The van der Waals surface area contributed by atoms with Gasteiger partial charge in [-0.2, -0.15) is 0 Å². The number of thiazole rings is 3. The number of esters is 2. The number of ether oxygens (including phenoxy) is 2. The van der Waals surface area contributed by atoms with Crippen LogP contribution in [0.2, 0.25) is 0 Å². The first kappa shape index (κ1) is 53.9. The van der Waals surface area contributed by atoms with E-state index in [0.29, 0.717) is 49.0 Å². The van der Waals surface area contributed by atoms with Crippen LogP contribution in [0.4, 0.5) is 5.13 Å². The van der Waals surface area contributed by atoms with Gasteiger partial charge in [-0.15, -0.1) is 0 Å². The number of Topliss-reactive ketones (excluding diaryl/α,β-unsaturated/α-hetero) is 1. The van der Waals surface area contributed by atoms with Gasteiger partial charge in [-0.05, 0) is 13.8 Å². The number of nitrogens with zero attached hydrogens (tertiary/aromatic N) is 5. The lowest BCUT2D eigenvalue weighted by Gasteiger charge is -2.04. The second kappa shape index (κ2) is 26.2. The average molecular weight is 1130 g/mol. The summed E-state index contributed by atoms with van der Waals surface area (Å²) in [5, 5.41) is 9.80.